The van der Waals surface area contributed by atoms with Crippen LogP contribution in [-0.2, 0) is 6.54 Å². The molecule has 0 saturated heterocycles. The maximum absolute atomic E-state index is 13.2. The highest BCUT2D eigenvalue weighted by atomic mass is 32.1. The number of nitrogens with two attached hydrogens (primary N) is 1. The second-order valence-corrected chi connectivity index (χ2v) is 4.33. The molecule has 0 spiro atoms. The molecule has 1 aromatic carbocycles. The fourth-order valence-electron chi connectivity index (χ4n) is 1.73. The maximum atomic E-state index is 13.2. The lowest BCUT2D eigenvalue weighted by Gasteiger charge is -2.21. The van der Waals surface area contributed by atoms with Crippen LogP contribution >= 0.6 is 12.2 Å². The third-order valence-corrected chi connectivity index (χ3v) is 2.78. The Hall–Kier alpha value is -1.08. The minimum absolute atomic E-state index is 0.0300. The third-order valence-electron chi connectivity index (χ3n) is 2.56. The van der Waals surface area contributed by atoms with E-state index in [0.717, 1.165) is 0 Å². The van der Waals surface area contributed by atoms with Crippen molar-refractivity contribution in [3.63, 3.8) is 0 Å². The molecule has 0 fully saturated rings. The van der Waals surface area contributed by atoms with E-state index < -0.39 is 0 Å². The van der Waals surface area contributed by atoms with Crippen molar-refractivity contribution < 1.29 is 14.6 Å². The van der Waals surface area contributed by atoms with Crippen LogP contribution in [0.5, 0.6) is 0 Å². The van der Waals surface area contributed by atoms with Gasteiger partial charge in [0, 0.05) is 25.2 Å². The van der Waals surface area contributed by atoms with E-state index in [0.29, 0.717) is 30.8 Å². The van der Waals surface area contributed by atoms with E-state index in [1.54, 1.807) is 11.0 Å². The van der Waals surface area contributed by atoms with Crippen molar-refractivity contribution in [1.29, 1.82) is 0 Å². The van der Waals surface area contributed by atoms with Gasteiger partial charge in [0.05, 0.1) is 13.2 Å². The van der Waals surface area contributed by atoms with E-state index in [1.807, 2.05) is 0 Å². The Morgan fingerprint density at radius 3 is 2.39 bits per heavy atom. The normalized spacial score (nSPS) is 10.9. The van der Waals surface area contributed by atoms with Crippen LogP contribution in [0.4, 0.5) is 4.39 Å². The first-order valence-electron chi connectivity index (χ1n) is 5.60. The summed E-state index contributed by atoms with van der Waals surface area (Å²) in [5.74, 6) is -0.363. The van der Waals surface area contributed by atoms with Crippen molar-refractivity contribution in [2.45, 2.75) is 6.54 Å². The summed E-state index contributed by atoms with van der Waals surface area (Å²) >= 11 is 4.91. The molecular formula is C12H17FN2O2S. The quantitative estimate of drug-likeness (QED) is 0.621. The zero-order valence-electron chi connectivity index (χ0n) is 9.97. The molecule has 0 aromatic heterocycles. The highest BCUT2D eigenvalue weighted by Crippen LogP contribution is 2.14. The fourth-order valence-corrected chi connectivity index (χ4v) is 1.93. The molecule has 0 aliphatic rings. The van der Waals surface area contributed by atoms with Gasteiger partial charge in [0.25, 0.3) is 0 Å². The van der Waals surface area contributed by atoms with Gasteiger partial charge in [-0.2, -0.15) is 0 Å². The molecule has 0 amide bonds. The van der Waals surface area contributed by atoms with Crippen LogP contribution in [0.3, 0.4) is 0 Å². The van der Waals surface area contributed by atoms with E-state index in [1.165, 1.54) is 12.1 Å². The monoisotopic (exact) mass is 272 g/mol. The first-order chi connectivity index (χ1) is 8.58. The van der Waals surface area contributed by atoms with Crippen LogP contribution in [0.25, 0.3) is 0 Å². The Morgan fingerprint density at radius 1 is 1.28 bits per heavy atom. The fraction of sp³-hybridized carbons (Fsp3) is 0.417. The third kappa shape index (κ3) is 4.30. The highest BCUT2D eigenvalue weighted by Gasteiger charge is 2.11. The summed E-state index contributed by atoms with van der Waals surface area (Å²) in [5.41, 5.74) is 6.85. The van der Waals surface area contributed by atoms with Crippen molar-refractivity contribution in [2.75, 3.05) is 26.3 Å². The van der Waals surface area contributed by atoms with Crippen molar-refractivity contribution in [1.82, 2.24) is 4.90 Å². The van der Waals surface area contributed by atoms with Gasteiger partial charge in [-0.3, -0.25) is 4.90 Å². The molecule has 0 radical (unpaired) electrons. The lowest BCUT2D eigenvalue weighted by molar-refractivity contribution is 0.156. The number of nitrogens with zero attached hydrogens (tertiary/aromatic N) is 1. The van der Waals surface area contributed by atoms with Crippen LogP contribution in [0, 0.1) is 5.82 Å². The summed E-state index contributed by atoms with van der Waals surface area (Å²) in [4.78, 5) is 2.01. The number of aliphatic hydroxyl groups excluding tert-OH is 2. The standard InChI is InChI=1S/C12H17FN2O2S/c13-10-1-2-11(12(14)18)9(7-10)8-15(3-5-16)4-6-17/h1-2,7,16-17H,3-6,8H2,(H2,14,18). The molecule has 0 saturated carbocycles. The van der Waals surface area contributed by atoms with Crippen molar-refractivity contribution >= 4 is 17.2 Å². The van der Waals surface area contributed by atoms with Gasteiger partial charge in [-0.25, -0.2) is 4.39 Å². The first-order valence-corrected chi connectivity index (χ1v) is 6.01. The van der Waals surface area contributed by atoms with E-state index >= 15 is 0 Å². The molecule has 6 heteroatoms. The average molecular weight is 272 g/mol. The molecular weight excluding hydrogens is 255 g/mol. The Balaban J connectivity index is 2.92. The van der Waals surface area contributed by atoms with Crippen LogP contribution in [0.2, 0.25) is 0 Å². The van der Waals surface area contributed by atoms with Crippen molar-refractivity contribution in [3.8, 4) is 0 Å². The predicted octanol–water partition coefficient (Wildman–Crippen LogP) is 0.246. The Bertz CT molecular complexity index is 409. The minimum Gasteiger partial charge on any atom is -0.395 e. The first kappa shape index (κ1) is 15.0. The lowest BCUT2D eigenvalue weighted by atomic mass is 10.1. The zero-order valence-corrected chi connectivity index (χ0v) is 10.8. The zero-order chi connectivity index (χ0) is 13.5. The van der Waals surface area contributed by atoms with Crippen molar-refractivity contribution in [2.24, 2.45) is 5.73 Å². The number of hydrogen-bond acceptors (Lipinski definition) is 4. The van der Waals surface area contributed by atoms with Gasteiger partial charge in [-0.1, -0.05) is 12.2 Å². The van der Waals surface area contributed by atoms with E-state index in [9.17, 15) is 4.39 Å². The molecule has 0 bridgehead atoms. The molecule has 4 nitrogen and oxygen atoms in total. The molecule has 4 N–H and O–H groups in total. The summed E-state index contributed by atoms with van der Waals surface area (Å²) in [6.45, 7) is 1.11. The smallest absolute Gasteiger partial charge is 0.123 e. The Kier molecular flexibility index (Phi) is 6.14. The van der Waals surface area contributed by atoms with Crippen LogP contribution in [0.1, 0.15) is 11.1 Å². The molecule has 18 heavy (non-hydrogen) atoms. The number of halogens is 1. The molecule has 0 atom stereocenters. The number of hydrogen-bond donors (Lipinski definition) is 3. The Morgan fingerprint density at radius 2 is 1.89 bits per heavy atom. The highest BCUT2D eigenvalue weighted by molar-refractivity contribution is 7.80. The number of rotatable bonds is 7. The van der Waals surface area contributed by atoms with Crippen LogP contribution < -0.4 is 5.73 Å². The van der Waals surface area contributed by atoms with Crippen molar-refractivity contribution in [3.05, 3.63) is 35.1 Å². The van der Waals surface area contributed by atoms with Crippen LogP contribution in [0.15, 0.2) is 18.2 Å². The molecule has 0 unspecified atom stereocenters. The van der Waals surface area contributed by atoms with E-state index in [4.69, 9.17) is 28.2 Å². The van der Waals surface area contributed by atoms with Gasteiger partial charge in [-0.15, -0.1) is 0 Å². The lowest BCUT2D eigenvalue weighted by Crippen LogP contribution is -2.30. The molecule has 0 heterocycles. The van der Waals surface area contributed by atoms with Gasteiger partial charge in [0.2, 0.25) is 0 Å². The summed E-state index contributed by atoms with van der Waals surface area (Å²) in [6.07, 6.45) is 0. The van der Waals surface area contributed by atoms with Gasteiger partial charge in [-0.05, 0) is 23.8 Å². The predicted molar refractivity (Wildman–Crippen MR) is 71.7 cm³/mol. The summed E-state index contributed by atoms with van der Waals surface area (Å²) in [6, 6.07) is 4.22. The summed E-state index contributed by atoms with van der Waals surface area (Å²) in [7, 11) is 0. The number of aliphatic hydroxyl groups is 2. The summed E-state index contributed by atoms with van der Waals surface area (Å²) < 4.78 is 13.2. The molecule has 0 aliphatic carbocycles. The van der Waals surface area contributed by atoms with Gasteiger partial charge in [0.15, 0.2) is 0 Å². The topological polar surface area (TPSA) is 69.7 Å². The minimum atomic E-state index is -0.363. The second kappa shape index (κ2) is 7.38. The largest absolute Gasteiger partial charge is 0.395 e. The maximum Gasteiger partial charge on any atom is 0.123 e. The number of benzene rings is 1. The molecule has 1 aromatic rings. The number of thiocarbonyl (C=S) groups is 1. The van der Waals surface area contributed by atoms with Crippen LogP contribution in [-0.4, -0.2) is 46.4 Å². The molecule has 0 aliphatic heterocycles. The SMILES string of the molecule is NC(=S)c1ccc(F)cc1CN(CCO)CCO. The van der Waals surface area contributed by atoms with Gasteiger partial charge >= 0.3 is 0 Å². The van der Waals surface area contributed by atoms with E-state index in [-0.39, 0.29) is 24.0 Å². The average Bonchev–Trinajstić information content (AvgIpc) is 2.29. The Labute approximate surface area is 111 Å². The summed E-state index contributed by atoms with van der Waals surface area (Å²) in [5, 5.41) is 17.9. The van der Waals surface area contributed by atoms with Gasteiger partial charge in [0.1, 0.15) is 10.8 Å². The molecule has 100 valence electrons. The van der Waals surface area contributed by atoms with Gasteiger partial charge < -0.3 is 15.9 Å². The second-order valence-electron chi connectivity index (χ2n) is 3.89. The molecule has 1 rings (SSSR count). The van der Waals surface area contributed by atoms with E-state index in [2.05, 4.69) is 0 Å².